The molecule has 1 amide bonds. The summed E-state index contributed by atoms with van der Waals surface area (Å²) >= 11 is 0. The molecule has 0 atom stereocenters. The summed E-state index contributed by atoms with van der Waals surface area (Å²) in [5.41, 5.74) is -1.11. The molecule has 0 unspecified atom stereocenters. The Hall–Kier alpha value is -1.06. The van der Waals surface area contributed by atoms with Crippen molar-refractivity contribution in [1.82, 2.24) is 4.90 Å². The van der Waals surface area contributed by atoms with Crippen LogP contribution in [0.4, 0.5) is 0 Å². The molecule has 1 aliphatic rings. The molecule has 110 valence electrons. The summed E-state index contributed by atoms with van der Waals surface area (Å²) in [6.45, 7) is 5.49. The number of carbonyl (C=O) groups excluding carboxylic acids is 1. The predicted octanol–water partition coefficient (Wildman–Crippen LogP) is 3.06. The molecule has 1 N–H and O–H groups in total. The predicted molar refractivity (Wildman–Crippen MR) is 74.9 cm³/mol. The summed E-state index contributed by atoms with van der Waals surface area (Å²) in [5.74, 6) is -0.515. The Morgan fingerprint density at radius 3 is 2.11 bits per heavy atom. The second kappa shape index (κ2) is 6.92. The Morgan fingerprint density at radius 1 is 1.16 bits per heavy atom. The number of aliphatic carboxylic acids is 1. The van der Waals surface area contributed by atoms with Crippen LogP contribution in [0.3, 0.4) is 0 Å². The first kappa shape index (κ1) is 16.0. The zero-order valence-corrected chi connectivity index (χ0v) is 12.4. The third kappa shape index (κ3) is 4.22. The molecule has 1 rings (SSSR count). The van der Waals surface area contributed by atoms with Crippen molar-refractivity contribution >= 4 is 11.9 Å². The van der Waals surface area contributed by atoms with Gasteiger partial charge in [-0.25, -0.2) is 4.79 Å². The fourth-order valence-electron chi connectivity index (χ4n) is 2.92. The largest absolute Gasteiger partial charge is 0.480 e. The molecule has 0 aromatic rings. The quantitative estimate of drug-likeness (QED) is 0.780. The van der Waals surface area contributed by atoms with Crippen molar-refractivity contribution in [3.8, 4) is 0 Å². The van der Waals surface area contributed by atoms with Crippen LogP contribution in [-0.4, -0.2) is 34.0 Å². The van der Waals surface area contributed by atoms with Gasteiger partial charge in [0.05, 0.1) is 0 Å². The van der Waals surface area contributed by atoms with Gasteiger partial charge in [-0.3, -0.25) is 4.79 Å². The number of rotatable bonds is 5. The molecule has 1 fully saturated rings. The van der Waals surface area contributed by atoms with Gasteiger partial charge in [-0.15, -0.1) is 0 Å². The third-order valence-corrected chi connectivity index (χ3v) is 4.25. The minimum Gasteiger partial charge on any atom is -0.480 e. The number of nitrogens with zero attached hydrogens (tertiary/aromatic N) is 1. The van der Waals surface area contributed by atoms with Gasteiger partial charge in [0.1, 0.15) is 5.54 Å². The van der Waals surface area contributed by atoms with Crippen LogP contribution < -0.4 is 0 Å². The van der Waals surface area contributed by atoms with Gasteiger partial charge in [-0.2, -0.15) is 0 Å². The number of hydrogen-bond acceptors (Lipinski definition) is 2. The Morgan fingerprint density at radius 2 is 1.68 bits per heavy atom. The first-order chi connectivity index (χ1) is 8.89. The van der Waals surface area contributed by atoms with Crippen molar-refractivity contribution in [3.05, 3.63) is 0 Å². The zero-order valence-electron chi connectivity index (χ0n) is 12.4. The van der Waals surface area contributed by atoms with E-state index in [1.165, 1.54) is 30.6 Å². The minimum absolute atomic E-state index is 0.0122. The third-order valence-electron chi connectivity index (χ3n) is 4.25. The topological polar surface area (TPSA) is 57.6 Å². The first-order valence-corrected chi connectivity index (χ1v) is 7.43. The molecule has 4 nitrogen and oxygen atoms in total. The van der Waals surface area contributed by atoms with Gasteiger partial charge in [0, 0.05) is 13.0 Å². The summed E-state index contributed by atoms with van der Waals surface area (Å²) in [4.78, 5) is 25.1. The number of carbonyl (C=O) groups is 2. The molecule has 0 aliphatic heterocycles. The van der Waals surface area contributed by atoms with E-state index >= 15 is 0 Å². The van der Waals surface area contributed by atoms with E-state index in [-0.39, 0.29) is 5.91 Å². The highest BCUT2D eigenvalue weighted by atomic mass is 16.4. The Balaban J connectivity index is 2.65. The molecule has 0 spiro atoms. The van der Waals surface area contributed by atoms with Crippen LogP contribution in [0.5, 0.6) is 0 Å². The monoisotopic (exact) mass is 269 g/mol. The van der Waals surface area contributed by atoms with Crippen LogP contribution in [0.15, 0.2) is 0 Å². The lowest BCUT2D eigenvalue weighted by Gasteiger charge is -2.35. The van der Waals surface area contributed by atoms with Crippen LogP contribution in [0, 0.1) is 5.92 Å². The van der Waals surface area contributed by atoms with Gasteiger partial charge >= 0.3 is 5.97 Å². The van der Waals surface area contributed by atoms with E-state index in [0.29, 0.717) is 18.9 Å². The Kier molecular flexibility index (Phi) is 5.83. The molecule has 0 aromatic heterocycles. The molecule has 4 heteroatoms. The summed E-state index contributed by atoms with van der Waals surface area (Å²) < 4.78 is 0. The van der Waals surface area contributed by atoms with Gasteiger partial charge in [0.2, 0.25) is 5.91 Å². The molecule has 0 heterocycles. The van der Waals surface area contributed by atoms with Crippen molar-refractivity contribution in [1.29, 1.82) is 0 Å². The molecule has 1 saturated carbocycles. The van der Waals surface area contributed by atoms with Crippen molar-refractivity contribution in [3.63, 3.8) is 0 Å². The van der Waals surface area contributed by atoms with E-state index in [1.807, 2.05) is 6.92 Å². The van der Waals surface area contributed by atoms with Gasteiger partial charge in [-0.1, -0.05) is 25.7 Å². The van der Waals surface area contributed by atoms with Crippen molar-refractivity contribution in [2.45, 2.75) is 71.3 Å². The highest BCUT2D eigenvalue weighted by Crippen LogP contribution is 2.27. The maximum atomic E-state index is 12.4. The number of amides is 1. The SMILES string of the molecule is CCN(C(=O)CC1CCCCCC1)C(C)(C)C(=O)O. The van der Waals surface area contributed by atoms with Crippen LogP contribution in [-0.2, 0) is 9.59 Å². The maximum absolute atomic E-state index is 12.4. The molecule has 19 heavy (non-hydrogen) atoms. The molecule has 0 radical (unpaired) electrons. The van der Waals surface area contributed by atoms with Crippen LogP contribution >= 0.6 is 0 Å². The van der Waals surface area contributed by atoms with Gasteiger partial charge in [0.25, 0.3) is 0 Å². The normalized spacial score (nSPS) is 17.8. The second-order valence-corrected chi connectivity index (χ2v) is 6.06. The van der Waals surface area contributed by atoms with E-state index in [9.17, 15) is 14.7 Å². The van der Waals surface area contributed by atoms with Crippen molar-refractivity contribution in [2.75, 3.05) is 6.54 Å². The average Bonchev–Trinajstić information content (AvgIpc) is 2.57. The number of hydrogen-bond donors (Lipinski definition) is 1. The smallest absolute Gasteiger partial charge is 0.329 e. The second-order valence-electron chi connectivity index (χ2n) is 6.06. The number of likely N-dealkylation sites (N-methyl/N-ethyl adjacent to an activating group) is 1. The number of carboxylic acid groups (broad SMARTS) is 1. The fraction of sp³-hybridized carbons (Fsp3) is 0.867. The Labute approximate surface area is 116 Å². The standard InChI is InChI=1S/C15H27NO3/c1-4-16(15(2,3)14(18)19)13(17)11-12-9-7-5-6-8-10-12/h12H,4-11H2,1-3H3,(H,18,19). The van der Waals surface area contributed by atoms with Crippen LogP contribution in [0.1, 0.15) is 65.7 Å². The number of carboxylic acids is 1. The first-order valence-electron chi connectivity index (χ1n) is 7.43. The van der Waals surface area contributed by atoms with E-state index in [1.54, 1.807) is 13.8 Å². The van der Waals surface area contributed by atoms with E-state index in [2.05, 4.69) is 0 Å². The summed E-state index contributed by atoms with van der Waals surface area (Å²) in [7, 11) is 0. The molecular weight excluding hydrogens is 242 g/mol. The van der Waals surface area contributed by atoms with Gasteiger partial charge in [-0.05, 0) is 39.5 Å². The van der Waals surface area contributed by atoms with E-state index in [4.69, 9.17) is 0 Å². The minimum atomic E-state index is -1.11. The maximum Gasteiger partial charge on any atom is 0.329 e. The molecular formula is C15H27NO3. The fourth-order valence-corrected chi connectivity index (χ4v) is 2.92. The Bertz CT molecular complexity index is 317. The van der Waals surface area contributed by atoms with E-state index in [0.717, 1.165) is 12.8 Å². The van der Waals surface area contributed by atoms with Crippen molar-refractivity contribution in [2.24, 2.45) is 5.92 Å². The van der Waals surface area contributed by atoms with Crippen LogP contribution in [0.2, 0.25) is 0 Å². The highest BCUT2D eigenvalue weighted by molar-refractivity contribution is 5.86. The average molecular weight is 269 g/mol. The van der Waals surface area contributed by atoms with E-state index < -0.39 is 11.5 Å². The molecule has 1 aliphatic carbocycles. The molecule has 0 aromatic carbocycles. The van der Waals surface area contributed by atoms with Crippen LogP contribution in [0.25, 0.3) is 0 Å². The lowest BCUT2D eigenvalue weighted by Crippen LogP contribution is -2.53. The molecule has 0 bridgehead atoms. The van der Waals surface area contributed by atoms with Crippen molar-refractivity contribution < 1.29 is 14.7 Å². The zero-order chi connectivity index (χ0) is 14.5. The summed E-state index contributed by atoms with van der Waals surface area (Å²) in [6, 6.07) is 0. The lowest BCUT2D eigenvalue weighted by molar-refractivity contribution is -0.157. The summed E-state index contributed by atoms with van der Waals surface area (Å²) in [5, 5.41) is 9.25. The highest BCUT2D eigenvalue weighted by Gasteiger charge is 2.37. The van der Waals surface area contributed by atoms with Gasteiger partial charge in [0.15, 0.2) is 0 Å². The van der Waals surface area contributed by atoms with Gasteiger partial charge < -0.3 is 10.0 Å². The lowest BCUT2D eigenvalue weighted by atomic mass is 9.94. The summed E-state index contributed by atoms with van der Waals surface area (Å²) in [6.07, 6.45) is 7.66. The molecule has 0 saturated heterocycles.